The molecule has 18 heavy (non-hydrogen) atoms. The molecule has 0 aromatic heterocycles. The zero-order valence-electron chi connectivity index (χ0n) is 10.4. The summed E-state index contributed by atoms with van der Waals surface area (Å²) in [6, 6.07) is 14.6. The summed E-state index contributed by atoms with van der Waals surface area (Å²) in [7, 11) is 0. The van der Waals surface area contributed by atoms with E-state index in [9.17, 15) is 0 Å². The minimum absolute atomic E-state index is 0.238. The molecule has 0 fully saturated rings. The topological polar surface area (TPSA) is 12.0 Å². The molecule has 0 heterocycles. The second kappa shape index (κ2) is 5.93. The third kappa shape index (κ3) is 3.39. The summed E-state index contributed by atoms with van der Waals surface area (Å²) in [6.07, 6.45) is 0. The third-order valence-corrected chi connectivity index (χ3v) is 3.82. The number of rotatable bonds is 3. The summed E-state index contributed by atoms with van der Waals surface area (Å²) in [4.78, 5) is 0. The van der Waals surface area contributed by atoms with E-state index in [0.29, 0.717) is 0 Å². The minimum Gasteiger partial charge on any atom is -0.378 e. The highest BCUT2D eigenvalue weighted by molar-refractivity contribution is 14.1. The summed E-state index contributed by atoms with van der Waals surface area (Å²) in [5.74, 6) is 0. The van der Waals surface area contributed by atoms with Gasteiger partial charge in [-0.05, 0) is 77.9 Å². The molecule has 0 bridgehead atoms. The van der Waals surface area contributed by atoms with Crippen LogP contribution >= 0.6 is 34.2 Å². The molecule has 0 amide bonds. The Balaban J connectivity index is 2.18. The van der Waals surface area contributed by atoms with Crippen LogP contribution in [0.3, 0.4) is 0 Å². The lowest BCUT2D eigenvalue weighted by molar-refractivity contribution is 0.882. The van der Waals surface area contributed by atoms with Gasteiger partial charge in [-0.3, -0.25) is 0 Å². The lowest BCUT2D eigenvalue weighted by Gasteiger charge is -2.18. The van der Waals surface area contributed by atoms with Crippen molar-refractivity contribution in [1.82, 2.24) is 0 Å². The van der Waals surface area contributed by atoms with Gasteiger partial charge in [0.15, 0.2) is 0 Å². The summed E-state index contributed by atoms with van der Waals surface area (Å²) < 4.78 is 1.26. The molecule has 0 aliphatic rings. The van der Waals surface area contributed by atoms with Crippen molar-refractivity contribution in [1.29, 1.82) is 0 Å². The predicted octanol–water partition coefficient (Wildman–Crippen LogP) is 5.43. The third-order valence-electron chi connectivity index (χ3n) is 2.91. The molecule has 1 atom stereocenters. The second-order valence-electron chi connectivity index (χ2n) is 4.38. The Bertz CT molecular complexity index is 554. The maximum Gasteiger partial charge on any atom is 0.0486 e. The van der Waals surface area contributed by atoms with E-state index in [2.05, 4.69) is 66.0 Å². The molecule has 0 aliphatic carbocycles. The smallest absolute Gasteiger partial charge is 0.0486 e. The van der Waals surface area contributed by atoms with Crippen LogP contribution in [0.5, 0.6) is 0 Å². The molecule has 0 saturated heterocycles. The zero-order valence-corrected chi connectivity index (χ0v) is 13.3. The molecule has 2 aromatic carbocycles. The first-order chi connectivity index (χ1) is 8.56. The standard InChI is InChI=1S/C15H15ClIN/c1-10-8-14(17)6-7-15(10)18-11(2)12-4-3-5-13(16)9-12/h3-9,11,18H,1-2H3. The van der Waals surface area contributed by atoms with Gasteiger partial charge < -0.3 is 5.32 Å². The van der Waals surface area contributed by atoms with Crippen LogP contribution in [0.2, 0.25) is 5.02 Å². The normalized spacial score (nSPS) is 12.2. The van der Waals surface area contributed by atoms with Crippen molar-refractivity contribution < 1.29 is 0 Å². The first kappa shape index (κ1) is 13.7. The molecule has 1 unspecified atom stereocenters. The van der Waals surface area contributed by atoms with Crippen LogP contribution in [-0.4, -0.2) is 0 Å². The fraction of sp³-hybridized carbons (Fsp3) is 0.200. The fourth-order valence-corrected chi connectivity index (χ4v) is 2.73. The lowest BCUT2D eigenvalue weighted by Crippen LogP contribution is -2.07. The molecule has 3 heteroatoms. The van der Waals surface area contributed by atoms with Gasteiger partial charge in [-0.2, -0.15) is 0 Å². The highest BCUT2D eigenvalue weighted by Crippen LogP contribution is 2.24. The van der Waals surface area contributed by atoms with Gasteiger partial charge in [0.25, 0.3) is 0 Å². The van der Waals surface area contributed by atoms with Crippen molar-refractivity contribution >= 4 is 39.9 Å². The molecule has 0 spiro atoms. The van der Waals surface area contributed by atoms with Crippen molar-refractivity contribution in [3.8, 4) is 0 Å². The van der Waals surface area contributed by atoms with Crippen molar-refractivity contribution in [2.45, 2.75) is 19.9 Å². The van der Waals surface area contributed by atoms with Gasteiger partial charge in [0, 0.05) is 20.3 Å². The average molecular weight is 372 g/mol. The van der Waals surface area contributed by atoms with Gasteiger partial charge in [-0.1, -0.05) is 23.7 Å². The SMILES string of the molecule is Cc1cc(I)ccc1NC(C)c1cccc(Cl)c1. The number of anilines is 1. The average Bonchev–Trinajstić information content (AvgIpc) is 2.32. The molecule has 2 aromatic rings. The summed E-state index contributed by atoms with van der Waals surface area (Å²) >= 11 is 8.34. The molecule has 0 saturated carbocycles. The van der Waals surface area contributed by atoms with Gasteiger partial charge in [-0.25, -0.2) is 0 Å². The van der Waals surface area contributed by atoms with E-state index >= 15 is 0 Å². The molecule has 0 radical (unpaired) electrons. The summed E-state index contributed by atoms with van der Waals surface area (Å²) in [5, 5.41) is 4.30. The predicted molar refractivity (Wildman–Crippen MR) is 87.4 cm³/mol. The Morgan fingerprint density at radius 1 is 1.17 bits per heavy atom. The fourth-order valence-electron chi connectivity index (χ4n) is 1.88. The van der Waals surface area contributed by atoms with Crippen molar-refractivity contribution in [2.75, 3.05) is 5.32 Å². The largest absolute Gasteiger partial charge is 0.378 e. The molecule has 0 aliphatic heterocycles. The van der Waals surface area contributed by atoms with Gasteiger partial charge in [0.1, 0.15) is 0 Å². The Kier molecular flexibility index (Phi) is 4.51. The minimum atomic E-state index is 0.238. The van der Waals surface area contributed by atoms with Crippen LogP contribution in [0.4, 0.5) is 5.69 Å². The first-order valence-electron chi connectivity index (χ1n) is 5.84. The van der Waals surface area contributed by atoms with E-state index in [1.165, 1.54) is 20.4 Å². The van der Waals surface area contributed by atoms with Crippen LogP contribution in [0.15, 0.2) is 42.5 Å². The molecular formula is C15H15ClIN. The van der Waals surface area contributed by atoms with Crippen molar-refractivity contribution in [3.05, 3.63) is 62.2 Å². The quantitative estimate of drug-likeness (QED) is 0.710. The molecule has 94 valence electrons. The highest BCUT2D eigenvalue weighted by atomic mass is 127. The highest BCUT2D eigenvalue weighted by Gasteiger charge is 2.07. The van der Waals surface area contributed by atoms with E-state index in [4.69, 9.17) is 11.6 Å². The second-order valence-corrected chi connectivity index (χ2v) is 6.06. The Labute approximate surface area is 127 Å². The van der Waals surface area contributed by atoms with Crippen LogP contribution in [0.1, 0.15) is 24.1 Å². The number of aryl methyl sites for hydroxylation is 1. The lowest BCUT2D eigenvalue weighted by atomic mass is 10.1. The van der Waals surface area contributed by atoms with Crippen molar-refractivity contribution in [3.63, 3.8) is 0 Å². The number of hydrogen-bond donors (Lipinski definition) is 1. The van der Waals surface area contributed by atoms with Gasteiger partial charge in [-0.15, -0.1) is 0 Å². The van der Waals surface area contributed by atoms with Crippen LogP contribution < -0.4 is 5.32 Å². The van der Waals surface area contributed by atoms with Crippen LogP contribution in [0, 0.1) is 10.5 Å². The Morgan fingerprint density at radius 3 is 2.61 bits per heavy atom. The van der Waals surface area contributed by atoms with Gasteiger partial charge in [0.05, 0.1) is 0 Å². The Morgan fingerprint density at radius 2 is 1.94 bits per heavy atom. The zero-order chi connectivity index (χ0) is 13.1. The maximum absolute atomic E-state index is 6.02. The van der Waals surface area contributed by atoms with Crippen molar-refractivity contribution in [2.24, 2.45) is 0 Å². The van der Waals surface area contributed by atoms with Crippen LogP contribution in [-0.2, 0) is 0 Å². The van der Waals surface area contributed by atoms with Gasteiger partial charge in [0.2, 0.25) is 0 Å². The van der Waals surface area contributed by atoms with E-state index in [1.54, 1.807) is 0 Å². The molecule has 1 nitrogen and oxygen atoms in total. The van der Waals surface area contributed by atoms with Crippen LogP contribution in [0.25, 0.3) is 0 Å². The van der Waals surface area contributed by atoms with E-state index in [-0.39, 0.29) is 6.04 Å². The summed E-state index contributed by atoms with van der Waals surface area (Å²) in [6.45, 7) is 4.26. The van der Waals surface area contributed by atoms with E-state index < -0.39 is 0 Å². The maximum atomic E-state index is 6.02. The Hall–Kier alpha value is -0.740. The van der Waals surface area contributed by atoms with Gasteiger partial charge >= 0.3 is 0 Å². The number of hydrogen-bond acceptors (Lipinski definition) is 1. The molecule has 2 rings (SSSR count). The number of benzene rings is 2. The van der Waals surface area contributed by atoms with E-state index in [1.807, 2.05) is 18.2 Å². The monoisotopic (exact) mass is 371 g/mol. The number of nitrogens with one attached hydrogen (secondary N) is 1. The first-order valence-corrected chi connectivity index (χ1v) is 7.30. The summed E-state index contributed by atoms with van der Waals surface area (Å²) in [5.41, 5.74) is 3.62. The molecular weight excluding hydrogens is 357 g/mol. The molecule has 1 N–H and O–H groups in total. The van der Waals surface area contributed by atoms with E-state index in [0.717, 1.165) is 5.02 Å². The number of halogens is 2.